The Labute approximate surface area is 459 Å². The monoisotopic (exact) mass is 1030 g/mol. The first-order chi connectivity index (χ1) is 36.5. The van der Waals surface area contributed by atoms with Crippen LogP contribution >= 0.6 is 0 Å². The van der Waals surface area contributed by atoms with Crippen LogP contribution < -0.4 is 0 Å². The highest BCUT2D eigenvalue weighted by Crippen LogP contribution is 2.17. The quantitative estimate of drug-likeness (QED) is 0.0261. The second kappa shape index (κ2) is 62.4. The van der Waals surface area contributed by atoms with E-state index in [9.17, 15) is 14.4 Å². The highest BCUT2D eigenvalue weighted by atomic mass is 16.6. The zero-order chi connectivity index (χ0) is 53.6. The van der Waals surface area contributed by atoms with Gasteiger partial charge in [-0.1, -0.05) is 299 Å². The van der Waals surface area contributed by atoms with Crippen molar-refractivity contribution >= 4 is 17.9 Å². The maximum Gasteiger partial charge on any atom is 0.306 e. The van der Waals surface area contributed by atoms with Gasteiger partial charge in [0.1, 0.15) is 13.2 Å². The summed E-state index contributed by atoms with van der Waals surface area (Å²) in [5, 5.41) is 0. The third-order valence-electron chi connectivity index (χ3n) is 14.0. The van der Waals surface area contributed by atoms with Gasteiger partial charge in [-0.2, -0.15) is 0 Å². The Morgan fingerprint density at radius 1 is 0.284 bits per heavy atom. The van der Waals surface area contributed by atoms with Gasteiger partial charge in [-0.15, -0.1) is 0 Å². The zero-order valence-electron chi connectivity index (χ0n) is 49.1. The first kappa shape index (κ1) is 70.8. The van der Waals surface area contributed by atoms with E-state index < -0.39 is 6.10 Å². The summed E-state index contributed by atoms with van der Waals surface area (Å²) in [5.74, 6) is -0.987. The summed E-state index contributed by atoms with van der Waals surface area (Å²) < 4.78 is 16.8. The van der Waals surface area contributed by atoms with Crippen molar-refractivity contribution in [2.45, 2.75) is 329 Å². The van der Waals surface area contributed by atoms with Crippen LogP contribution in [0, 0.1) is 0 Å². The largest absolute Gasteiger partial charge is 0.462 e. The van der Waals surface area contributed by atoms with E-state index in [1.165, 1.54) is 186 Å². The number of esters is 3. The molecule has 0 amide bonds. The summed E-state index contributed by atoms with van der Waals surface area (Å²) in [5.41, 5.74) is 0. The van der Waals surface area contributed by atoms with Gasteiger partial charge < -0.3 is 14.2 Å². The number of allylic oxidation sites excluding steroid dienone is 12. The van der Waals surface area contributed by atoms with E-state index in [4.69, 9.17) is 14.2 Å². The third kappa shape index (κ3) is 59.7. The SMILES string of the molecule is CC/C=C\C/C=C\C/C=C\C/C=C\CCC(=O)OCC(COC(=O)CCCCCCCCCCCCCCCCCCCCCCCCCCCCC)OC(=O)CCCCCCC/C=C\C/C=C\CCCCCC. The Morgan fingerprint density at radius 2 is 0.554 bits per heavy atom. The maximum atomic E-state index is 12.9. The van der Waals surface area contributed by atoms with Crippen LogP contribution in [0.1, 0.15) is 323 Å². The molecule has 0 radical (unpaired) electrons. The lowest BCUT2D eigenvalue weighted by molar-refractivity contribution is -0.166. The average Bonchev–Trinajstić information content (AvgIpc) is 3.40. The third-order valence-corrected chi connectivity index (χ3v) is 14.0. The molecule has 0 bridgehead atoms. The second-order valence-corrected chi connectivity index (χ2v) is 21.3. The molecule has 0 N–H and O–H groups in total. The van der Waals surface area contributed by atoms with Crippen molar-refractivity contribution < 1.29 is 28.6 Å². The van der Waals surface area contributed by atoms with Crippen molar-refractivity contribution in [3.63, 3.8) is 0 Å². The summed E-state index contributed by atoms with van der Waals surface area (Å²) in [6, 6.07) is 0. The summed E-state index contributed by atoms with van der Waals surface area (Å²) in [6.07, 6.45) is 80.9. The molecule has 1 unspecified atom stereocenters. The molecule has 428 valence electrons. The van der Waals surface area contributed by atoms with Gasteiger partial charge in [-0.05, 0) is 77.0 Å². The minimum Gasteiger partial charge on any atom is -0.462 e. The van der Waals surface area contributed by atoms with Gasteiger partial charge in [-0.25, -0.2) is 0 Å². The molecule has 0 fully saturated rings. The van der Waals surface area contributed by atoms with Gasteiger partial charge in [0.15, 0.2) is 6.10 Å². The van der Waals surface area contributed by atoms with Crippen molar-refractivity contribution in [2.24, 2.45) is 0 Å². The molecule has 0 aliphatic rings. The van der Waals surface area contributed by atoms with Crippen LogP contribution in [0.4, 0.5) is 0 Å². The Bertz CT molecular complexity index is 1370. The molecule has 0 rings (SSSR count). The number of carbonyl (C=O) groups is 3. The number of carbonyl (C=O) groups excluding carboxylic acids is 3. The molecular weight excluding hydrogens is 913 g/mol. The van der Waals surface area contributed by atoms with Crippen LogP contribution in [0.15, 0.2) is 72.9 Å². The topological polar surface area (TPSA) is 78.9 Å². The fraction of sp³-hybridized carbons (Fsp3) is 0.779. The normalized spacial score (nSPS) is 12.5. The number of hydrogen-bond acceptors (Lipinski definition) is 6. The lowest BCUT2D eigenvalue weighted by atomic mass is 10.0. The molecule has 1 atom stereocenters. The lowest BCUT2D eigenvalue weighted by Gasteiger charge is -2.18. The number of rotatable bonds is 58. The van der Waals surface area contributed by atoms with Crippen molar-refractivity contribution in [3.05, 3.63) is 72.9 Å². The van der Waals surface area contributed by atoms with Gasteiger partial charge >= 0.3 is 17.9 Å². The predicted molar refractivity (Wildman–Crippen MR) is 321 cm³/mol. The van der Waals surface area contributed by atoms with Gasteiger partial charge in [0.25, 0.3) is 0 Å². The summed E-state index contributed by atoms with van der Waals surface area (Å²) >= 11 is 0. The molecule has 0 heterocycles. The number of hydrogen-bond donors (Lipinski definition) is 0. The van der Waals surface area contributed by atoms with Gasteiger partial charge in [0.05, 0.1) is 0 Å². The van der Waals surface area contributed by atoms with Crippen molar-refractivity contribution in [1.29, 1.82) is 0 Å². The fourth-order valence-corrected chi connectivity index (χ4v) is 9.20. The Hall–Kier alpha value is -3.15. The maximum absolute atomic E-state index is 12.9. The van der Waals surface area contributed by atoms with Crippen molar-refractivity contribution in [3.8, 4) is 0 Å². The van der Waals surface area contributed by atoms with Crippen molar-refractivity contribution in [2.75, 3.05) is 13.2 Å². The van der Waals surface area contributed by atoms with E-state index in [-0.39, 0.29) is 37.5 Å². The molecule has 6 nitrogen and oxygen atoms in total. The molecule has 0 spiro atoms. The highest BCUT2D eigenvalue weighted by molar-refractivity contribution is 5.71. The van der Waals surface area contributed by atoms with Gasteiger partial charge in [0.2, 0.25) is 0 Å². The van der Waals surface area contributed by atoms with Crippen LogP contribution in [0.25, 0.3) is 0 Å². The summed E-state index contributed by atoms with van der Waals surface area (Å²) in [7, 11) is 0. The second-order valence-electron chi connectivity index (χ2n) is 21.3. The molecular formula is C68H120O6. The summed E-state index contributed by atoms with van der Waals surface area (Å²) in [4.78, 5) is 38.2. The lowest BCUT2D eigenvalue weighted by Crippen LogP contribution is -2.30. The van der Waals surface area contributed by atoms with E-state index >= 15 is 0 Å². The van der Waals surface area contributed by atoms with Crippen LogP contribution in [0.3, 0.4) is 0 Å². The molecule has 0 saturated carbocycles. The van der Waals surface area contributed by atoms with E-state index in [1.807, 2.05) is 6.08 Å². The molecule has 0 saturated heterocycles. The van der Waals surface area contributed by atoms with Crippen LogP contribution in [0.5, 0.6) is 0 Å². The zero-order valence-corrected chi connectivity index (χ0v) is 49.1. The predicted octanol–water partition coefficient (Wildman–Crippen LogP) is 21.7. The highest BCUT2D eigenvalue weighted by Gasteiger charge is 2.19. The molecule has 0 aliphatic carbocycles. The molecule has 0 aliphatic heterocycles. The number of ether oxygens (including phenoxy) is 3. The minimum absolute atomic E-state index is 0.101. The molecule has 74 heavy (non-hydrogen) atoms. The molecule has 0 aromatic carbocycles. The minimum atomic E-state index is -0.811. The van der Waals surface area contributed by atoms with Gasteiger partial charge in [-0.3, -0.25) is 14.4 Å². The molecule has 0 aromatic heterocycles. The van der Waals surface area contributed by atoms with E-state index in [2.05, 4.69) is 87.6 Å². The molecule has 0 aromatic rings. The van der Waals surface area contributed by atoms with E-state index in [0.29, 0.717) is 19.3 Å². The summed E-state index contributed by atoms with van der Waals surface area (Å²) in [6.45, 7) is 6.47. The van der Waals surface area contributed by atoms with Crippen LogP contribution in [-0.2, 0) is 28.6 Å². The first-order valence-electron chi connectivity index (χ1n) is 31.9. The number of unbranched alkanes of at least 4 members (excludes halogenated alkanes) is 35. The Kier molecular flexibility index (Phi) is 59.7. The standard InChI is InChI=1S/C68H120O6/c1-4-7-10-13-16-19-22-25-27-29-30-31-32-33-34-35-36-37-38-39-41-43-46-49-52-55-58-61-67(70)73-64-65(63-72-66(69)60-57-54-51-48-45-42-24-21-18-15-12-9-6-3)74-68(71)62-59-56-53-50-47-44-40-28-26-23-20-17-14-11-8-5-2/h9,12,18,20-21,23,28,40,42,45,51,54,65H,4-8,10-11,13-17,19,22,24-27,29-39,41,43-44,46-50,52-53,55-64H2,1-3H3/b12-9-,21-18-,23-20-,40-28-,45-42-,54-51-. The average molecular weight is 1030 g/mol. The fourth-order valence-electron chi connectivity index (χ4n) is 9.20. The van der Waals surface area contributed by atoms with Crippen LogP contribution in [-0.4, -0.2) is 37.2 Å². The van der Waals surface area contributed by atoms with E-state index in [0.717, 1.165) is 89.9 Å². The Balaban J connectivity index is 4.26. The van der Waals surface area contributed by atoms with Crippen molar-refractivity contribution in [1.82, 2.24) is 0 Å². The van der Waals surface area contributed by atoms with Crippen LogP contribution in [0.2, 0.25) is 0 Å². The smallest absolute Gasteiger partial charge is 0.306 e. The molecule has 6 heteroatoms. The first-order valence-corrected chi connectivity index (χ1v) is 31.9. The van der Waals surface area contributed by atoms with Gasteiger partial charge in [0, 0.05) is 19.3 Å². The Morgan fingerprint density at radius 3 is 0.919 bits per heavy atom. The van der Waals surface area contributed by atoms with E-state index in [1.54, 1.807) is 0 Å².